The van der Waals surface area contributed by atoms with E-state index >= 15 is 0 Å². The highest BCUT2D eigenvalue weighted by Gasteiger charge is 2.11. The molecule has 98 valence electrons. The zero-order valence-corrected chi connectivity index (χ0v) is 10.6. The summed E-state index contributed by atoms with van der Waals surface area (Å²) in [5, 5.41) is 2.53. The number of nitrogens with one attached hydrogen (secondary N) is 1. The lowest BCUT2D eigenvalue weighted by atomic mass is 10.1. The van der Waals surface area contributed by atoms with Crippen molar-refractivity contribution in [2.24, 2.45) is 5.73 Å². The quantitative estimate of drug-likeness (QED) is 0.776. The van der Waals surface area contributed by atoms with Crippen LogP contribution >= 0.6 is 0 Å². The summed E-state index contributed by atoms with van der Waals surface area (Å²) < 4.78 is 5.04. The zero-order chi connectivity index (χ0) is 13.5. The van der Waals surface area contributed by atoms with Crippen molar-refractivity contribution in [3.05, 3.63) is 29.8 Å². The second-order valence-corrected chi connectivity index (χ2v) is 4.04. The predicted octanol–water partition coefficient (Wildman–Crippen LogP) is 0.618. The summed E-state index contributed by atoms with van der Waals surface area (Å²) >= 11 is 0. The van der Waals surface area contributed by atoms with Gasteiger partial charge in [0, 0.05) is 6.42 Å². The van der Waals surface area contributed by atoms with Crippen molar-refractivity contribution >= 4 is 11.8 Å². The highest BCUT2D eigenvalue weighted by atomic mass is 16.5. The third-order valence-electron chi connectivity index (χ3n) is 2.60. The van der Waals surface area contributed by atoms with Crippen LogP contribution in [0.4, 0.5) is 0 Å². The van der Waals surface area contributed by atoms with E-state index in [9.17, 15) is 9.59 Å². The van der Waals surface area contributed by atoms with E-state index in [1.165, 1.54) is 0 Å². The Bertz CT molecular complexity index is 415. The van der Waals surface area contributed by atoms with Gasteiger partial charge in [0.1, 0.15) is 11.8 Å². The Kier molecular flexibility index (Phi) is 5.17. The van der Waals surface area contributed by atoms with Gasteiger partial charge >= 0.3 is 0 Å². The molecule has 0 bridgehead atoms. The Labute approximate surface area is 106 Å². The van der Waals surface area contributed by atoms with Crippen LogP contribution in [0, 0.1) is 0 Å². The van der Waals surface area contributed by atoms with Crippen LogP contribution in [0.5, 0.6) is 5.75 Å². The van der Waals surface area contributed by atoms with Crippen molar-refractivity contribution < 1.29 is 14.3 Å². The van der Waals surface area contributed by atoms with E-state index in [4.69, 9.17) is 10.5 Å². The molecule has 1 unspecified atom stereocenters. The molecule has 0 heterocycles. The number of nitrogens with two attached hydrogens (primary N) is 1. The fourth-order valence-corrected chi connectivity index (χ4v) is 1.43. The molecule has 5 heteroatoms. The van der Waals surface area contributed by atoms with Crippen LogP contribution in [0.25, 0.3) is 0 Å². The number of methoxy groups -OCH3 is 1. The molecule has 0 radical (unpaired) electrons. The number of rotatable bonds is 6. The monoisotopic (exact) mass is 250 g/mol. The average Bonchev–Trinajstić information content (AvgIpc) is 2.36. The molecule has 1 rings (SSSR count). The number of carbonyl (C=O) groups is 2. The predicted molar refractivity (Wildman–Crippen MR) is 68.1 cm³/mol. The summed E-state index contributed by atoms with van der Waals surface area (Å²) in [6, 6.07) is 6.87. The molecule has 0 aromatic heterocycles. The van der Waals surface area contributed by atoms with Crippen molar-refractivity contribution in [1.82, 2.24) is 5.32 Å². The Morgan fingerprint density at radius 2 is 1.94 bits per heavy atom. The second kappa shape index (κ2) is 6.64. The Morgan fingerprint density at radius 3 is 2.44 bits per heavy atom. The van der Waals surface area contributed by atoms with Crippen LogP contribution in [-0.4, -0.2) is 25.0 Å². The van der Waals surface area contributed by atoms with E-state index in [-0.39, 0.29) is 5.91 Å². The molecule has 2 amide bonds. The number of aryl methyl sites for hydroxylation is 1. The van der Waals surface area contributed by atoms with Crippen LogP contribution < -0.4 is 15.8 Å². The van der Waals surface area contributed by atoms with E-state index < -0.39 is 11.9 Å². The Hall–Kier alpha value is -2.04. The highest BCUT2D eigenvalue weighted by Crippen LogP contribution is 2.12. The summed E-state index contributed by atoms with van der Waals surface area (Å²) in [6.07, 6.45) is 0.936. The molecule has 0 aliphatic heterocycles. The topological polar surface area (TPSA) is 81.4 Å². The lowest BCUT2D eigenvalue weighted by molar-refractivity contribution is -0.126. The first-order valence-corrected chi connectivity index (χ1v) is 5.74. The molecule has 0 fully saturated rings. The smallest absolute Gasteiger partial charge is 0.239 e. The van der Waals surface area contributed by atoms with Crippen LogP contribution in [-0.2, 0) is 16.0 Å². The lowest BCUT2D eigenvalue weighted by Gasteiger charge is -2.10. The van der Waals surface area contributed by atoms with Crippen molar-refractivity contribution in [3.8, 4) is 5.75 Å². The van der Waals surface area contributed by atoms with E-state index in [2.05, 4.69) is 5.32 Å². The van der Waals surface area contributed by atoms with Gasteiger partial charge in [0.2, 0.25) is 11.8 Å². The van der Waals surface area contributed by atoms with Crippen LogP contribution in [0.3, 0.4) is 0 Å². The second-order valence-electron chi connectivity index (χ2n) is 4.04. The fraction of sp³-hybridized carbons (Fsp3) is 0.385. The molecule has 3 N–H and O–H groups in total. The van der Waals surface area contributed by atoms with Gasteiger partial charge in [-0.1, -0.05) is 12.1 Å². The van der Waals surface area contributed by atoms with Gasteiger partial charge in [-0.25, -0.2) is 0 Å². The minimum absolute atomic E-state index is 0.183. The summed E-state index contributed by atoms with van der Waals surface area (Å²) in [4.78, 5) is 22.3. The molecule has 1 aromatic carbocycles. The van der Waals surface area contributed by atoms with Gasteiger partial charge in [-0.05, 0) is 31.0 Å². The van der Waals surface area contributed by atoms with Crippen molar-refractivity contribution in [1.29, 1.82) is 0 Å². The maximum absolute atomic E-state index is 11.5. The maximum atomic E-state index is 11.5. The molecule has 0 aliphatic rings. The van der Waals surface area contributed by atoms with Gasteiger partial charge in [-0.2, -0.15) is 0 Å². The number of ether oxygens (including phenoxy) is 1. The first kappa shape index (κ1) is 14.0. The molecular formula is C13H18N2O3. The summed E-state index contributed by atoms with van der Waals surface area (Å²) in [5.74, 6) is 0.0652. The van der Waals surface area contributed by atoms with E-state index in [1.807, 2.05) is 24.3 Å². The Morgan fingerprint density at radius 1 is 1.33 bits per heavy atom. The maximum Gasteiger partial charge on any atom is 0.239 e. The van der Waals surface area contributed by atoms with Crippen molar-refractivity contribution in [3.63, 3.8) is 0 Å². The number of primary amides is 1. The number of hydrogen-bond donors (Lipinski definition) is 2. The van der Waals surface area contributed by atoms with Crippen LogP contribution in [0.1, 0.15) is 18.9 Å². The van der Waals surface area contributed by atoms with Gasteiger partial charge < -0.3 is 15.8 Å². The fourth-order valence-electron chi connectivity index (χ4n) is 1.43. The van der Waals surface area contributed by atoms with Gasteiger partial charge in [-0.3, -0.25) is 9.59 Å². The molecule has 5 nitrogen and oxygen atoms in total. The van der Waals surface area contributed by atoms with Gasteiger partial charge in [0.25, 0.3) is 0 Å². The molecular weight excluding hydrogens is 232 g/mol. The van der Waals surface area contributed by atoms with Gasteiger partial charge in [0.15, 0.2) is 0 Å². The number of benzene rings is 1. The van der Waals surface area contributed by atoms with Crippen molar-refractivity contribution in [2.45, 2.75) is 25.8 Å². The van der Waals surface area contributed by atoms with E-state index in [0.29, 0.717) is 12.8 Å². The molecule has 0 aliphatic carbocycles. The first-order chi connectivity index (χ1) is 8.52. The Balaban J connectivity index is 2.40. The summed E-state index contributed by atoms with van der Waals surface area (Å²) in [6.45, 7) is 1.56. The highest BCUT2D eigenvalue weighted by molar-refractivity contribution is 5.86. The largest absolute Gasteiger partial charge is 0.497 e. The third-order valence-corrected chi connectivity index (χ3v) is 2.60. The van der Waals surface area contributed by atoms with Crippen LogP contribution in [0.2, 0.25) is 0 Å². The SMILES string of the molecule is COc1ccc(CCC(=O)NC(C)C(N)=O)cc1. The number of amides is 2. The minimum atomic E-state index is -0.631. The first-order valence-electron chi connectivity index (χ1n) is 5.74. The van der Waals surface area contributed by atoms with Gasteiger partial charge in [-0.15, -0.1) is 0 Å². The molecule has 0 spiro atoms. The normalized spacial score (nSPS) is 11.7. The summed E-state index contributed by atoms with van der Waals surface area (Å²) in [5.41, 5.74) is 6.10. The van der Waals surface area contributed by atoms with Crippen LogP contribution in [0.15, 0.2) is 24.3 Å². The molecule has 1 atom stereocenters. The van der Waals surface area contributed by atoms with Gasteiger partial charge in [0.05, 0.1) is 7.11 Å². The zero-order valence-electron chi connectivity index (χ0n) is 10.6. The van der Waals surface area contributed by atoms with E-state index in [1.54, 1.807) is 14.0 Å². The number of hydrogen-bond acceptors (Lipinski definition) is 3. The average molecular weight is 250 g/mol. The summed E-state index contributed by atoms with van der Waals surface area (Å²) in [7, 11) is 1.60. The molecule has 0 saturated heterocycles. The molecule has 18 heavy (non-hydrogen) atoms. The third kappa shape index (κ3) is 4.45. The molecule has 0 saturated carbocycles. The minimum Gasteiger partial charge on any atom is -0.497 e. The standard InChI is InChI=1S/C13H18N2O3/c1-9(13(14)17)15-12(16)8-5-10-3-6-11(18-2)7-4-10/h3-4,6-7,9H,5,8H2,1-2H3,(H2,14,17)(H,15,16). The van der Waals surface area contributed by atoms with E-state index in [0.717, 1.165) is 11.3 Å². The number of carbonyl (C=O) groups excluding carboxylic acids is 2. The molecule has 1 aromatic rings. The van der Waals surface area contributed by atoms with Crippen molar-refractivity contribution in [2.75, 3.05) is 7.11 Å². The lowest BCUT2D eigenvalue weighted by Crippen LogP contribution is -2.42.